The summed E-state index contributed by atoms with van der Waals surface area (Å²) < 4.78 is 6.18. The largest absolute Gasteiger partial charge is 0.477 e. The fraction of sp³-hybridized carbons (Fsp3) is 0.500. The number of nitrogens with zero attached hydrogens (tertiary/aromatic N) is 1. The van der Waals surface area contributed by atoms with Crippen molar-refractivity contribution in [3.63, 3.8) is 0 Å². The molecule has 0 radical (unpaired) electrons. The second-order valence-corrected chi connectivity index (χ2v) is 5.29. The first-order chi connectivity index (χ1) is 7.90. The molecule has 0 amide bonds. The molecule has 4 nitrogen and oxygen atoms in total. The fourth-order valence-corrected chi connectivity index (χ4v) is 1.91. The number of aromatic nitrogens is 1. The molecule has 1 aromatic rings. The molecule has 1 unspecified atom stereocenters. The van der Waals surface area contributed by atoms with Gasteiger partial charge in [0, 0.05) is 10.7 Å². The highest BCUT2D eigenvalue weighted by Crippen LogP contribution is 2.22. The molecular weight excluding hydrogens is 286 g/mol. The molecule has 0 saturated heterocycles. The van der Waals surface area contributed by atoms with Gasteiger partial charge in [0.25, 0.3) is 0 Å². The van der Waals surface area contributed by atoms with Gasteiger partial charge in [-0.15, -0.1) is 0 Å². The van der Waals surface area contributed by atoms with Crippen molar-refractivity contribution < 1.29 is 14.6 Å². The smallest absolute Gasteiger partial charge is 0.341 e. The molecule has 0 aromatic carbocycles. The van der Waals surface area contributed by atoms with E-state index in [0.29, 0.717) is 10.4 Å². The number of carboxylic acids is 1. The summed E-state index contributed by atoms with van der Waals surface area (Å²) in [6, 6.07) is 1.49. The standard InChI is InChI=1S/C12H16BrNO3/c1-7(2)4-8(3)17-11-10(12(15)16)5-9(13)6-14-11/h5-8H,4H2,1-3H3,(H,15,16). The summed E-state index contributed by atoms with van der Waals surface area (Å²) >= 11 is 3.19. The average molecular weight is 302 g/mol. The molecular formula is C12H16BrNO3. The van der Waals surface area contributed by atoms with Gasteiger partial charge >= 0.3 is 5.97 Å². The van der Waals surface area contributed by atoms with E-state index in [1.807, 2.05) is 6.92 Å². The molecule has 0 aliphatic heterocycles. The Morgan fingerprint density at radius 1 is 1.53 bits per heavy atom. The summed E-state index contributed by atoms with van der Waals surface area (Å²) in [5, 5.41) is 9.04. The highest BCUT2D eigenvalue weighted by atomic mass is 79.9. The molecule has 0 fully saturated rings. The number of ether oxygens (including phenoxy) is 1. The van der Waals surface area contributed by atoms with Crippen LogP contribution in [0, 0.1) is 5.92 Å². The third-order valence-electron chi connectivity index (χ3n) is 2.16. The Morgan fingerprint density at radius 3 is 2.71 bits per heavy atom. The van der Waals surface area contributed by atoms with Gasteiger partial charge in [0.2, 0.25) is 5.88 Å². The van der Waals surface area contributed by atoms with Crippen LogP contribution in [0.25, 0.3) is 0 Å². The molecule has 0 bridgehead atoms. The lowest BCUT2D eigenvalue weighted by Crippen LogP contribution is -2.17. The minimum Gasteiger partial charge on any atom is -0.477 e. The van der Waals surface area contributed by atoms with E-state index in [0.717, 1.165) is 6.42 Å². The van der Waals surface area contributed by atoms with Crippen molar-refractivity contribution in [3.8, 4) is 5.88 Å². The molecule has 1 aromatic heterocycles. The van der Waals surface area contributed by atoms with Gasteiger partial charge in [-0.05, 0) is 41.3 Å². The number of hydrogen-bond donors (Lipinski definition) is 1. The van der Waals surface area contributed by atoms with E-state index in [2.05, 4.69) is 34.8 Å². The van der Waals surface area contributed by atoms with Crippen molar-refractivity contribution in [2.75, 3.05) is 0 Å². The van der Waals surface area contributed by atoms with E-state index in [-0.39, 0.29) is 17.5 Å². The Kier molecular flexibility index (Phi) is 4.93. The van der Waals surface area contributed by atoms with Gasteiger partial charge in [-0.25, -0.2) is 9.78 Å². The summed E-state index contributed by atoms with van der Waals surface area (Å²) in [5.74, 6) is -0.367. The SMILES string of the molecule is CC(C)CC(C)Oc1ncc(Br)cc1C(=O)O. The van der Waals surface area contributed by atoms with Gasteiger partial charge < -0.3 is 9.84 Å². The van der Waals surface area contributed by atoms with Crippen LogP contribution in [0.4, 0.5) is 0 Å². The van der Waals surface area contributed by atoms with Crippen molar-refractivity contribution in [3.05, 3.63) is 22.3 Å². The first-order valence-electron chi connectivity index (χ1n) is 5.45. The lowest BCUT2D eigenvalue weighted by Gasteiger charge is -2.17. The van der Waals surface area contributed by atoms with Gasteiger partial charge in [0.05, 0.1) is 6.10 Å². The molecule has 17 heavy (non-hydrogen) atoms. The van der Waals surface area contributed by atoms with Crippen molar-refractivity contribution in [2.24, 2.45) is 5.92 Å². The molecule has 94 valence electrons. The first-order valence-corrected chi connectivity index (χ1v) is 6.25. The molecule has 1 rings (SSSR count). The summed E-state index contributed by atoms with van der Waals surface area (Å²) in [6.45, 7) is 6.09. The predicted octanol–water partition coefficient (Wildman–Crippen LogP) is 3.36. The van der Waals surface area contributed by atoms with E-state index in [4.69, 9.17) is 9.84 Å². The van der Waals surface area contributed by atoms with Crippen molar-refractivity contribution in [1.82, 2.24) is 4.98 Å². The van der Waals surface area contributed by atoms with Crippen LogP contribution in [0.15, 0.2) is 16.7 Å². The van der Waals surface area contributed by atoms with Crippen molar-refractivity contribution >= 4 is 21.9 Å². The Balaban J connectivity index is 2.86. The topological polar surface area (TPSA) is 59.4 Å². The molecule has 1 heterocycles. The number of aromatic carboxylic acids is 1. The summed E-state index contributed by atoms with van der Waals surface area (Å²) in [7, 11) is 0. The van der Waals surface area contributed by atoms with E-state index < -0.39 is 5.97 Å². The Labute approximate surface area is 109 Å². The predicted molar refractivity (Wildman–Crippen MR) is 68.4 cm³/mol. The van der Waals surface area contributed by atoms with E-state index >= 15 is 0 Å². The Hall–Kier alpha value is -1.10. The van der Waals surface area contributed by atoms with Crippen LogP contribution in [0.5, 0.6) is 5.88 Å². The zero-order valence-corrected chi connectivity index (χ0v) is 11.7. The zero-order valence-electron chi connectivity index (χ0n) is 10.1. The maximum Gasteiger partial charge on any atom is 0.341 e. The third kappa shape index (κ3) is 4.34. The maximum atomic E-state index is 11.0. The van der Waals surface area contributed by atoms with Crippen LogP contribution < -0.4 is 4.74 Å². The van der Waals surface area contributed by atoms with E-state index in [1.54, 1.807) is 0 Å². The monoisotopic (exact) mass is 301 g/mol. The second-order valence-electron chi connectivity index (χ2n) is 4.37. The summed E-state index contributed by atoms with van der Waals surface area (Å²) in [4.78, 5) is 15.0. The maximum absolute atomic E-state index is 11.0. The molecule has 0 aliphatic rings. The van der Waals surface area contributed by atoms with Gasteiger partial charge in [-0.2, -0.15) is 0 Å². The highest BCUT2D eigenvalue weighted by molar-refractivity contribution is 9.10. The summed E-state index contributed by atoms with van der Waals surface area (Å²) in [5.41, 5.74) is 0.0787. The second kappa shape index (κ2) is 6.00. The molecule has 5 heteroatoms. The highest BCUT2D eigenvalue weighted by Gasteiger charge is 2.16. The Morgan fingerprint density at radius 2 is 2.18 bits per heavy atom. The van der Waals surface area contributed by atoms with Crippen LogP contribution in [0.3, 0.4) is 0 Å². The molecule has 1 atom stereocenters. The van der Waals surface area contributed by atoms with Crippen LogP contribution >= 0.6 is 15.9 Å². The minimum absolute atomic E-state index is 0.0539. The minimum atomic E-state index is -1.04. The molecule has 0 spiro atoms. The number of hydrogen-bond acceptors (Lipinski definition) is 3. The number of halogens is 1. The van der Waals surface area contributed by atoms with Crippen molar-refractivity contribution in [1.29, 1.82) is 0 Å². The average Bonchev–Trinajstić information content (AvgIpc) is 2.19. The number of pyridine rings is 1. The van der Waals surface area contributed by atoms with Crippen LogP contribution in [-0.2, 0) is 0 Å². The number of carbonyl (C=O) groups is 1. The molecule has 1 N–H and O–H groups in total. The van der Waals surface area contributed by atoms with Crippen LogP contribution in [0.1, 0.15) is 37.6 Å². The lowest BCUT2D eigenvalue weighted by molar-refractivity contribution is 0.0687. The van der Waals surface area contributed by atoms with Crippen LogP contribution in [-0.4, -0.2) is 22.2 Å². The first kappa shape index (κ1) is 14.0. The van der Waals surface area contributed by atoms with Gasteiger partial charge in [0.15, 0.2) is 0 Å². The Bertz CT molecular complexity index is 407. The summed E-state index contributed by atoms with van der Waals surface area (Å²) in [6.07, 6.45) is 2.34. The van der Waals surface area contributed by atoms with E-state index in [9.17, 15) is 4.79 Å². The third-order valence-corrected chi connectivity index (χ3v) is 2.60. The molecule has 0 saturated carbocycles. The quantitative estimate of drug-likeness (QED) is 0.906. The lowest BCUT2D eigenvalue weighted by atomic mass is 10.1. The number of carboxylic acid groups (broad SMARTS) is 1. The number of rotatable bonds is 5. The van der Waals surface area contributed by atoms with Crippen molar-refractivity contribution in [2.45, 2.75) is 33.3 Å². The van der Waals surface area contributed by atoms with Gasteiger partial charge in [-0.3, -0.25) is 0 Å². The van der Waals surface area contributed by atoms with Crippen LogP contribution in [0.2, 0.25) is 0 Å². The van der Waals surface area contributed by atoms with E-state index in [1.165, 1.54) is 12.3 Å². The zero-order chi connectivity index (χ0) is 13.0. The molecule has 0 aliphatic carbocycles. The fourth-order valence-electron chi connectivity index (χ4n) is 1.58. The van der Waals surface area contributed by atoms with Gasteiger partial charge in [-0.1, -0.05) is 13.8 Å². The van der Waals surface area contributed by atoms with Gasteiger partial charge in [0.1, 0.15) is 5.56 Å². The normalized spacial score (nSPS) is 12.5.